The standard InChI is InChI=1S/C20H21N5O/c1-23(2)15-8-6-7-14(13-15)20(26)25-12-11-24(3)18-19(25)22-17-10-5-4-9-16(17)21-18/h4-10,13H,11-12H2,1-3H3. The number of aromatic nitrogens is 2. The van der Waals surface area contributed by atoms with Crippen LogP contribution in [0.3, 0.4) is 0 Å². The minimum Gasteiger partial charge on any atom is -0.378 e. The summed E-state index contributed by atoms with van der Waals surface area (Å²) in [6.45, 7) is 1.31. The van der Waals surface area contributed by atoms with Gasteiger partial charge in [0, 0.05) is 45.5 Å². The van der Waals surface area contributed by atoms with E-state index in [1.54, 1.807) is 4.90 Å². The maximum atomic E-state index is 13.2. The molecule has 0 spiro atoms. The highest BCUT2D eigenvalue weighted by Gasteiger charge is 2.29. The first-order valence-electron chi connectivity index (χ1n) is 8.62. The van der Waals surface area contributed by atoms with E-state index in [0.717, 1.165) is 29.1 Å². The fourth-order valence-electron chi connectivity index (χ4n) is 3.15. The van der Waals surface area contributed by atoms with E-state index >= 15 is 0 Å². The summed E-state index contributed by atoms with van der Waals surface area (Å²) >= 11 is 0. The molecular formula is C20H21N5O. The Morgan fingerprint density at radius 3 is 2.35 bits per heavy atom. The van der Waals surface area contributed by atoms with Crippen LogP contribution >= 0.6 is 0 Å². The second kappa shape index (κ2) is 6.29. The minimum atomic E-state index is -0.0485. The summed E-state index contributed by atoms with van der Waals surface area (Å²) in [5, 5.41) is 0. The molecule has 3 aromatic rings. The van der Waals surface area contributed by atoms with E-state index in [-0.39, 0.29) is 5.91 Å². The van der Waals surface area contributed by atoms with Crippen LogP contribution in [0.15, 0.2) is 48.5 Å². The van der Waals surface area contributed by atoms with Crippen molar-refractivity contribution in [1.29, 1.82) is 0 Å². The van der Waals surface area contributed by atoms with Crippen molar-refractivity contribution in [2.45, 2.75) is 0 Å². The number of rotatable bonds is 2. The number of fused-ring (bicyclic) bond motifs is 2. The number of hydrogen-bond acceptors (Lipinski definition) is 5. The van der Waals surface area contributed by atoms with Gasteiger partial charge < -0.3 is 9.80 Å². The molecular weight excluding hydrogens is 326 g/mol. The Balaban J connectivity index is 1.79. The van der Waals surface area contributed by atoms with Gasteiger partial charge in [0.15, 0.2) is 11.6 Å². The predicted octanol–water partition coefficient (Wildman–Crippen LogP) is 2.79. The number of likely N-dealkylation sites (N-methyl/N-ethyl adjacent to an activating group) is 1. The summed E-state index contributed by atoms with van der Waals surface area (Å²) in [6, 6.07) is 15.4. The molecule has 0 N–H and O–H groups in total. The number of benzene rings is 2. The van der Waals surface area contributed by atoms with Crippen molar-refractivity contribution >= 4 is 34.3 Å². The number of carbonyl (C=O) groups excluding carboxylic acids is 1. The smallest absolute Gasteiger partial charge is 0.259 e. The maximum Gasteiger partial charge on any atom is 0.259 e. The van der Waals surface area contributed by atoms with E-state index in [0.29, 0.717) is 17.9 Å². The van der Waals surface area contributed by atoms with Crippen LogP contribution in [0.5, 0.6) is 0 Å². The molecule has 2 aromatic carbocycles. The highest BCUT2D eigenvalue weighted by Crippen LogP contribution is 2.31. The Labute approximate surface area is 152 Å². The van der Waals surface area contributed by atoms with Gasteiger partial charge >= 0.3 is 0 Å². The summed E-state index contributed by atoms with van der Waals surface area (Å²) < 4.78 is 0. The van der Waals surface area contributed by atoms with Crippen LogP contribution in [-0.2, 0) is 0 Å². The maximum absolute atomic E-state index is 13.2. The summed E-state index contributed by atoms with van der Waals surface area (Å²) in [5.41, 5.74) is 3.28. The second-order valence-corrected chi connectivity index (χ2v) is 6.68. The van der Waals surface area contributed by atoms with Gasteiger partial charge in [0.2, 0.25) is 0 Å². The van der Waals surface area contributed by atoms with Crippen LogP contribution in [0.1, 0.15) is 10.4 Å². The predicted molar refractivity (Wildman–Crippen MR) is 105 cm³/mol. The fraction of sp³-hybridized carbons (Fsp3) is 0.250. The molecule has 6 nitrogen and oxygen atoms in total. The van der Waals surface area contributed by atoms with Gasteiger partial charge in [-0.15, -0.1) is 0 Å². The Morgan fingerprint density at radius 2 is 1.65 bits per heavy atom. The van der Waals surface area contributed by atoms with E-state index in [9.17, 15) is 4.79 Å². The molecule has 0 fully saturated rings. The van der Waals surface area contributed by atoms with Crippen molar-refractivity contribution in [3.05, 3.63) is 54.1 Å². The van der Waals surface area contributed by atoms with Gasteiger partial charge in [0.25, 0.3) is 5.91 Å². The van der Waals surface area contributed by atoms with Crippen molar-refractivity contribution in [3.8, 4) is 0 Å². The van der Waals surface area contributed by atoms with Gasteiger partial charge in [0.1, 0.15) is 0 Å². The second-order valence-electron chi connectivity index (χ2n) is 6.68. The van der Waals surface area contributed by atoms with Gasteiger partial charge in [-0.3, -0.25) is 9.69 Å². The van der Waals surface area contributed by atoms with Crippen molar-refractivity contribution in [2.24, 2.45) is 0 Å². The van der Waals surface area contributed by atoms with Crippen LogP contribution in [0.25, 0.3) is 11.0 Å². The van der Waals surface area contributed by atoms with Crippen molar-refractivity contribution in [2.75, 3.05) is 48.9 Å². The third-order valence-electron chi connectivity index (χ3n) is 4.67. The third-order valence-corrected chi connectivity index (χ3v) is 4.67. The highest BCUT2D eigenvalue weighted by atomic mass is 16.2. The molecule has 1 aliphatic heterocycles. The Bertz CT molecular complexity index is 985. The fourth-order valence-corrected chi connectivity index (χ4v) is 3.15. The Hall–Kier alpha value is -3.15. The minimum absolute atomic E-state index is 0.0485. The first-order valence-corrected chi connectivity index (χ1v) is 8.62. The number of carbonyl (C=O) groups is 1. The molecule has 0 unspecified atom stereocenters. The molecule has 0 radical (unpaired) electrons. The average molecular weight is 347 g/mol. The Morgan fingerprint density at radius 1 is 0.962 bits per heavy atom. The van der Waals surface area contributed by atoms with Gasteiger partial charge in [-0.1, -0.05) is 18.2 Å². The molecule has 1 aromatic heterocycles. The van der Waals surface area contributed by atoms with Crippen molar-refractivity contribution in [3.63, 3.8) is 0 Å². The lowest BCUT2D eigenvalue weighted by Crippen LogP contribution is -2.43. The number of amides is 1. The molecule has 4 rings (SSSR count). The summed E-state index contributed by atoms with van der Waals surface area (Å²) in [5.74, 6) is 1.32. The lowest BCUT2D eigenvalue weighted by Gasteiger charge is -2.33. The zero-order chi connectivity index (χ0) is 18.3. The zero-order valence-corrected chi connectivity index (χ0v) is 15.2. The van der Waals surface area contributed by atoms with Crippen LogP contribution in [0, 0.1) is 0 Å². The Kier molecular flexibility index (Phi) is 3.95. The SMILES string of the molecule is CN(C)c1cccc(C(=O)N2CCN(C)c3nc4ccccc4nc32)c1. The normalized spacial score (nSPS) is 13.7. The quantitative estimate of drug-likeness (QED) is 0.713. The topological polar surface area (TPSA) is 52.6 Å². The van der Waals surface area contributed by atoms with Crippen LogP contribution in [0.4, 0.5) is 17.3 Å². The highest BCUT2D eigenvalue weighted by molar-refractivity contribution is 6.08. The average Bonchev–Trinajstić information content (AvgIpc) is 2.67. The molecule has 1 aliphatic rings. The molecule has 6 heteroatoms. The first kappa shape index (κ1) is 16.3. The third kappa shape index (κ3) is 2.73. The largest absolute Gasteiger partial charge is 0.378 e. The van der Waals surface area contributed by atoms with Crippen LogP contribution in [-0.4, -0.2) is 50.1 Å². The molecule has 132 valence electrons. The summed E-state index contributed by atoms with van der Waals surface area (Å²) in [6.07, 6.45) is 0. The van der Waals surface area contributed by atoms with E-state index < -0.39 is 0 Å². The lowest BCUT2D eigenvalue weighted by molar-refractivity contribution is 0.0986. The van der Waals surface area contributed by atoms with Crippen LogP contribution < -0.4 is 14.7 Å². The lowest BCUT2D eigenvalue weighted by atomic mass is 10.1. The van der Waals surface area contributed by atoms with E-state index in [4.69, 9.17) is 9.97 Å². The molecule has 0 aliphatic carbocycles. The van der Waals surface area contributed by atoms with Crippen LogP contribution in [0.2, 0.25) is 0 Å². The first-order chi connectivity index (χ1) is 12.5. The van der Waals surface area contributed by atoms with E-state index in [1.165, 1.54) is 0 Å². The van der Waals surface area contributed by atoms with Gasteiger partial charge in [0.05, 0.1) is 11.0 Å². The molecule has 0 atom stereocenters. The van der Waals surface area contributed by atoms with Crippen molar-refractivity contribution < 1.29 is 4.79 Å². The number of hydrogen-bond donors (Lipinski definition) is 0. The number of anilines is 3. The molecule has 0 bridgehead atoms. The van der Waals surface area contributed by atoms with E-state index in [2.05, 4.69) is 4.90 Å². The van der Waals surface area contributed by atoms with Crippen molar-refractivity contribution in [1.82, 2.24) is 9.97 Å². The molecule has 1 amide bonds. The number of para-hydroxylation sites is 2. The molecule has 0 saturated heterocycles. The molecule has 0 saturated carbocycles. The van der Waals surface area contributed by atoms with Gasteiger partial charge in [-0.05, 0) is 30.3 Å². The molecule has 2 heterocycles. The monoisotopic (exact) mass is 347 g/mol. The molecule has 26 heavy (non-hydrogen) atoms. The zero-order valence-electron chi connectivity index (χ0n) is 15.2. The van der Waals surface area contributed by atoms with E-state index in [1.807, 2.05) is 74.6 Å². The summed E-state index contributed by atoms with van der Waals surface area (Å²) in [4.78, 5) is 28.5. The van der Waals surface area contributed by atoms with Gasteiger partial charge in [-0.2, -0.15) is 0 Å². The summed E-state index contributed by atoms with van der Waals surface area (Å²) in [7, 11) is 5.91. The van der Waals surface area contributed by atoms with Gasteiger partial charge in [-0.25, -0.2) is 9.97 Å². The number of nitrogens with zero attached hydrogens (tertiary/aromatic N) is 5.